The van der Waals surface area contributed by atoms with Gasteiger partial charge in [-0.1, -0.05) is 29.8 Å². The summed E-state index contributed by atoms with van der Waals surface area (Å²) >= 11 is 0. The van der Waals surface area contributed by atoms with Crippen molar-refractivity contribution in [3.8, 4) is 11.5 Å². The van der Waals surface area contributed by atoms with Crippen LogP contribution in [0.1, 0.15) is 29.7 Å². The quantitative estimate of drug-likeness (QED) is 0.894. The Morgan fingerprint density at radius 1 is 1.16 bits per heavy atom. The second-order valence-electron chi connectivity index (χ2n) is 4.82. The molecule has 0 aromatic heterocycles. The van der Waals surface area contributed by atoms with Crippen LogP contribution in [-0.2, 0) is 0 Å². The van der Waals surface area contributed by atoms with Crippen molar-refractivity contribution >= 4 is 0 Å². The van der Waals surface area contributed by atoms with Crippen LogP contribution in [0.3, 0.4) is 0 Å². The third-order valence-corrected chi connectivity index (χ3v) is 3.03. The van der Waals surface area contributed by atoms with Gasteiger partial charge in [0.25, 0.3) is 0 Å². The summed E-state index contributed by atoms with van der Waals surface area (Å²) in [5, 5.41) is 0. The van der Waals surface area contributed by atoms with E-state index >= 15 is 0 Å². The Kier molecular flexibility index (Phi) is 3.86. The standard InChI is InChI=1S/C16H18FNO/c1-10-7-8-15(11(2)9-10)19-16-13(12(3)18)5-4-6-14(16)17/h4-9,12H,18H2,1-3H3. The topological polar surface area (TPSA) is 35.2 Å². The molecule has 0 spiro atoms. The maximum atomic E-state index is 13.9. The Morgan fingerprint density at radius 3 is 2.53 bits per heavy atom. The molecule has 0 aliphatic rings. The highest BCUT2D eigenvalue weighted by Gasteiger charge is 2.14. The van der Waals surface area contributed by atoms with Gasteiger partial charge in [-0.05, 0) is 38.5 Å². The van der Waals surface area contributed by atoms with Crippen molar-refractivity contribution in [1.29, 1.82) is 0 Å². The lowest BCUT2D eigenvalue weighted by Crippen LogP contribution is -2.08. The first-order valence-electron chi connectivity index (χ1n) is 6.28. The second kappa shape index (κ2) is 5.41. The molecule has 0 amide bonds. The molecule has 2 rings (SSSR count). The van der Waals surface area contributed by atoms with E-state index in [4.69, 9.17) is 10.5 Å². The zero-order chi connectivity index (χ0) is 14.0. The molecule has 0 aliphatic carbocycles. The van der Waals surface area contributed by atoms with Gasteiger partial charge in [0.05, 0.1) is 0 Å². The lowest BCUT2D eigenvalue weighted by Gasteiger charge is -2.16. The van der Waals surface area contributed by atoms with E-state index in [0.717, 1.165) is 11.1 Å². The third kappa shape index (κ3) is 2.93. The Hall–Kier alpha value is -1.87. The van der Waals surface area contributed by atoms with Crippen molar-refractivity contribution in [3.05, 3.63) is 58.9 Å². The normalized spacial score (nSPS) is 12.3. The zero-order valence-electron chi connectivity index (χ0n) is 11.4. The number of aryl methyl sites for hydroxylation is 2. The van der Waals surface area contributed by atoms with Crippen LogP contribution in [0.4, 0.5) is 4.39 Å². The number of hydrogen-bond acceptors (Lipinski definition) is 2. The van der Waals surface area contributed by atoms with Gasteiger partial charge >= 0.3 is 0 Å². The number of para-hydroxylation sites is 1. The average molecular weight is 259 g/mol. The molecular weight excluding hydrogens is 241 g/mol. The van der Waals surface area contributed by atoms with Gasteiger partial charge < -0.3 is 10.5 Å². The van der Waals surface area contributed by atoms with Crippen molar-refractivity contribution in [2.24, 2.45) is 5.73 Å². The average Bonchev–Trinajstić information content (AvgIpc) is 2.34. The molecule has 1 atom stereocenters. The molecule has 3 heteroatoms. The fourth-order valence-corrected chi connectivity index (χ4v) is 2.02. The maximum Gasteiger partial charge on any atom is 0.167 e. The van der Waals surface area contributed by atoms with E-state index in [-0.39, 0.29) is 11.8 Å². The van der Waals surface area contributed by atoms with Crippen molar-refractivity contribution < 1.29 is 9.13 Å². The number of rotatable bonds is 3. The first-order chi connectivity index (χ1) is 8.99. The summed E-state index contributed by atoms with van der Waals surface area (Å²) < 4.78 is 19.7. The molecule has 100 valence electrons. The van der Waals surface area contributed by atoms with Crippen molar-refractivity contribution in [2.45, 2.75) is 26.8 Å². The number of benzene rings is 2. The van der Waals surface area contributed by atoms with Crippen LogP contribution in [0, 0.1) is 19.7 Å². The predicted octanol–water partition coefficient (Wildman–Crippen LogP) is 4.25. The number of halogens is 1. The van der Waals surface area contributed by atoms with Gasteiger partial charge in [0.1, 0.15) is 5.75 Å². The molecule has 0 heterocycles. The van der Waals surface area contributed by atoms with Gasteiger partial charge in [0, 0.05) is 11.6 Å². The van der Waals surface area contributed by atoms with Gasteiger partial charge in [-0.25, -0.2) is 4.39 Å². The fourth-order valence-electron chi connectivity index (χ4n) is 2.02. The Balaban J connectivity index is 2.43. The molecule has 2 aromatic carbocycles. The van der Waals surface area contributed by atoms with Crippen LogP contribution < -0.4 is 10.5 Å². The van der Waals surface area contributed by atoms with Crippen LogP contribution in [0.25, 0.3) is 0 Å². The molecule has 0 saturated carbocycles. The molecule has 0 bridgehead atoms. The summed E-state index contributed by atoms with van der Waals surface area (Å²) in [6.07, 6.45) is 0. The monoisotopic (exact) mass is 259 g/mol. The van der Waals surface area contributed by atoms with Crippen molar-refractivity contribution in [2.75, 3.05) is 0 Å². The molecule has 0 saturated heterocycles. The fraction of sp³-hybridized carbons (Fsp3) is 0.250. The van der Waals surface area contributed by atoms with Crippen LogP contribution in [0.15, 0.2) is 36.4 Å². The Bertz CT molecular complexity index is 593. The molecule has 2 aromatic rings. The van der Waals surface area contributed by atoms with Gasteiger partial charge in [0.15, 0.2) is 11.6 Å². The molecule has 19 heavy (non-hydrogen) atoms. The largest absolute Gasteiger partial charge is 0.454 e. The summed E-state index contributed by atoms with van der Waals surface area (Å²) in [4.78, 5) is 0. The van der Waals surface area contributed by atoms with E-state index < -0.39 is 5.82 Å². The van der Waals surface area contributed by atoms with E-state index in [0.29, 0.717) is 11.3 Å². The highest BCUT2D eigenvalue weighted by Crippen LogP contribution is 2.33. The summed E-state index contributed by atoms with van der Waals surface area (Å²) in [5.74, 6) is 0.469. The minimum absolute atomic E-state index is 0.212. The van der Waals surface area contributed by atoms with E-state index in [2.05, 4.69) is 0 Å². The van der Waals surface area contributed by atoms with Gasteiger partial charge in [-0.3, -0.25) is 0 Å². The highest BCUT2D eigenvalue weighted by molar-refractivity contribution is 5.43. The smallest absolute Gasteiger partial charge is 0.167 e. The molecule has 2 nitrogen and oxygen atoms in total. The predicted molar refractivity (Wildman–Crippen MR) is 75.0 cm³/mol. The summed E-state index contributed by atoms with van der Waals surface area (Å²) in [6.45, 7) is 5.76. The van der Waals surface area contributed by atoms with Crippen LogP contribution in [0.5, 0.6) is 11.5 Å². The molecular formula is C16H18FNO. The third-order valence-electron chi connectivity index (χ3n) is 3.03. The Labute approximate surface area is 113 Å². The lowest BCUT2D eigenvalue weighted by atomic mass is 10.1. The van der Waals surface area contributed by atoms with Gasteiger partial charge in [-0.2, -0.15) is 0 Å². The van der Waals surface area contributed by atoms with E-state index in [1.165, 1.54) is 6.07 Å². The van der Waals surface area contributed by atoms with Gasteiger partial charge in [-0.15, -0.1) is 0 Å². The Morgan fingerprint density at radius 2 is 1.89 bits per heavy atom. The van der Waals surface area contributed by atoms with Crippen molar-refractivity contribution in [1.82, 2.24) is 0 Å². The lowest BCUT2D eigenvalue weighted by molar-refractivity contribution is 0.430. The van der Waals surface area contributed by atoms with E-state index in [9.17, 15) is 4.39 Å². The van der Waals surface area contributed by atoms with E-state index in [1.807, 2.05) is 39.0 Å². The first-order valence-corrected chi connectivity index (χ1v) is 6.28. The number of ether oxygens (including phenoxy) is 1. The summed E-state index contributed by atoms with van der Waals surface area (Å²) in [6, 6.07) is 10.3. The van der Waals surface area contributed by atoms with E-state index in [1.54, 1.807) is 12.1 Å². The van der Waals surface area contributed by atoms with Crippen molar-refractivity contribution in [3.63, 3.8) is 0 Å². The van der Waals surface area contributed by atoms with Crippen LogP contribution in [0.2, 0.25) is 0 Å². The van der Waals surface area contributed by atoms with Crippen LogP contribution >= 0.6 is 0 Å². The number of hydrogen-bond donors (Lipinski definition) is 1. The molecule has 0 radical (unpaired) electrons. The van der Waals surface area contributed by atoms with Gasteiger partial charge in [0.2, 0.25) is 0 Å². The number of nitrogens with two attached hydrogens (primary N) is 1. The SMILES string of the molecule is Cc1ccc(Oc2c(F)cccc2C(C)N)c(C)c1. The first kappa shape index (κ1) is 13.6. The molecule has 0 aliphatic heterocycles. The van der Waals surface area contributed by atoms with Crippen LogP contribution in [-0.4, -0.2) is 0 Å². The minimum atomic E-state index is -0.394. The maximum absolute atomic E-state index is 13.9. The molecule has 0 fully saturated rings. The second-order valence-corrected chi connectivity index (χ2v) is 4.82. The zero-order valence-corrected chi connectivity index (χ0v) is 11.4. The molecule has 2 N–H and O–H groups in total. The molecule has 1 unspecified atom stereocenters. The highest BCUT2D eigenvalue weighted by atomic mass is 19.1. The minimum Gasteiger partial charge on any atom is -0.454 e. The summed E-state index contributed by atoms with van der Waals surface area (Å²) in [7, 11) is 0. The summed E-state index contributed by atoms with van der Waals surface area (Å²) in [5.41, 5.74) is 8.63.